The molecule has 0 saturated heterocycles. The van der Waals surface area contributed by atoms with E-state index in [2.05, 4.69) is 15.1 Å². The molecular formula is C23H23Cl2N5O3S2. The Morgan fingerprint density at radius 3 is 2.23 bits per heavy atom. The van der Waals surface area contributed by atoms with E-state index < -0.39 is 10.0 Å². The molecular weight excluding hydrogens is 529 g/mol. The summed E-state index contributed by atoms with van der Waals surface area (Å²) in [6.07, 6.45) is 0. The SMILES string of the molecule is Cc1nn(C)c(C)c1NC(=O)c1sccc1NS(=O)(=O)c1ccccc1.Nc1cc(Cl)cc(Cl)c1. The second kappa shape index (κ2) is 11.1. The van der Waals surface area contributed by atoms with Crippen molar-refractivity contribution in [1.82, 2.24) is 9.78 Å². The highest BCUT2D eigenvalue weighted by molar-refractivity contribution is 7.92. The minimum atomic E-state index is -3.76. The first-order valence-electron chi connectivity index (χ1n) is 10.2. The average Bonchev–Trinajstić information content (AvgIpc) is 3.33. The molecule has 2 aromatic heterocycles. The Labute approximate surface area is 217 Å². The Morgan fingerprint density at radius 1 is 1.06 bits per heavy atom. The number of hydrogen-bond acceptors (Lipinski definition) is 6. The molecule has 2 aromatic carbocycles. The number of benzene rings is 2. The largest absolute Gasteiger partial charge is 0.399 e. The Hall–Kier alpha value is -3.05. The van der Waals surface area contributed by atoms with Gasteiger partial charge in [-0.3, -0.25) is 14.2 Å². The van der Waals surface area contributed by atoms with Gasteiger partial charge in [0.2, 0.25) is 0 Å². The monoisotopic (exact) mass is 551 g/mol. The summed E-state index contributed by atoms with van der Waals surface area (Å²) in [4.78, 5) is 13.1. The molecule has 0 fully saturated rings. The van der Waals surface area contributed by atoms with Crippen LogP contribution in [0.15, 0.2) is 64.9 Å². The lowest BCUT2D eigenvalue weighted by Crippen LogP contribution is -2.17. The summed E-state index contributed by atoms with van der Waals surface area (Å²) in [6.45, 7) is 3.65. The van der Waals surface area contributed by atoms with Crippen molar-refractivity contribution >= 4 is 67.5 Å². The number of carbonyl (C=O) groups excluding carboxylic acids is 1. The first-order valence-corrected chi connectivity index (χ1v) is 13.3. The smallest absolute Gasteiger partial charge is 0.267 e. The molecule has 35 heavy (non-hydrogen) atoms. The van der Waals surface area contributed by atoms with Crippen LogP contribution < -0.4 is 15.8 Å². The van der Waals surface area contributed by atoms with Crippen LogP contribution in [0.3, 0.4) is 0 Å². The van der Waals surface area contributed by atoms with Crippen molar-refractivity contribution in [3.05, 3.63) is 86.3 Å². The molecule has 4 N–H and O–H groups in total. The van der Waals surface area contributed by atoms with Crippen molar-refractivity contribution in [1.29, 1.82) is 0 Å². The number of nitrogens with two attached hydrogens (primary N) is 1. The number of hydrogen-bond donors (Lipinski definition) is 3. The van der Waals surface area contributed by atoms with Crippen molar-refractivity contribution in [2.75, 3.05) is 15.8 Å². The Kier molecular flexibility index (Phi) is 8.44. The van der Waals surface area contributed by atoms with Gasteiger partial charge in [0, 0.05) is 22.8 Å². The lowest BCUT2D eigenvalue weighted by atomic mass is 10.3. The summed E-state index contributed by atoms with van der Waals surface area (Å²) >= 11 is 12.3. The van der Waals surface area contributed by atoms with Crippen molar-refractivity contribution in [3.63, 3.8) is 0 Å². The second-order valence-corrected chi connectivity index (χ2v) is 10.9. The minimum Gasteiger partial charge on any atom is -0.399 e. The first-order chi connectivity index (χ1) is 16.5. The maximum Gasteiger partial charge on any atom is 0.267 e. The molecule has 2 heterocycles. The molecule has 0 aliphatic carbocycles. The van der Waals surface area contributed by atoms with Crippen LogP contribution in [-0.2, 0) is 17.1 Å². The van der Waals surface area contributed by atoms with E-state index in [9.17, 15) is 13.2 Å². The number of aryl methyl sites for hydroxylation is 2. The van der Waals surface area contributed by atoms with Crippen LogP contribution in [0.25, 0.3) is 0 Å². The van der Waals surface area contributed by atoms with Crippen LogP contribution >= 0.6 is 34.5 Å². The first kappa shape index (κ1) is 26.6. The van der Waals surface area contributed by atoms with Crippen molar-refractivity contribution in [3.8, 4) is 0 Å². The molecule has 0 radical (unpaired) electrons. The third-order valence-electron chi connectivity index (χ3n) is 4.80. The number of halogens is 2. The van der Waals surface area contributed by atoms with Crippen LogP contribution in [-0.4, -0.2) is 24.1 Å². The summed E-state index contributed by atoms with van der Waals surface area (Å²) < 4.78 is 29.1. The lowest BCUT2D eigenvalue weighted by Gasteiger charge is -2.09. The molecule has 0 saturated carbocycles. The highest BCUT2D eigenvalue weighted by atomic mass is 35.5. The molecule has 0 aliphatic heterocycles. The molecule has 0 aliphatic rings. The fraction of sp³-hybridized carbons (Fsp3) is 0.130. The van der Waals surface area contributed by atoms with Gasteiger partial charge in [0.25, 0.3) is 15.9 Å². The molecule has 8 nitrogen and oxygen atoms in total. The molecule has 12 heteroatoms. The van der Waals surface area contributed by atoms with Gasteiger partial charge in [0.15, 0.2) is 0 Å². The summed E-state index contributed by atoms with van der Waals surface area (Å²) in [5.74, 6) is -0.384. The summed E-state index contributed by atoms with van der Waals surface area (Å²) in [5.41, 5.74) is 8.37. The fourth-order valence-electron chi connectivity index (χ4n) is 3.07. The Balaban J connectivity index is 0.000000320. The maximum atomic E-state index is 12.7. The number of amides is 1. The highest BCUT2D eigenvalue weighted by Crippen LogP contribution is 2.27. The van der Waals surface area contributed by atoms with Crippen LogP contribution in [0, 0.1) is 13.8 Å². The number of nitrogen functional groups attached to an aromatic ring is 1. The molecule has 184 valence electrons. The minimum absolute atomic E-state index is 0.136. The van der Waals surface area contributed by atoms with Gasteiger partial charge < -0.3 is 11.1 Å². The topological polar surface area (TPSA) is 119 Å². The van der Waals surface area contributed by atoms with Gasteiger partial charge in [-0.2, -0.15) is 5.10 Å². The molecule has 4 rings (SSSR count). The van der Waals surface area contributed by atoms with Crippen LogP contribution in [0.1, 0.15) is 21.1 Å². The zero-order valence-electron chi connectivity index (χ0n) is 19.0. The maximum absolute atomic E-state index is 12.7. The normalized spacial score (nSPS) is 10.9. The number of carbonyl (C=O) groups is 1. The quantitative estimate of drug-likeness (QED) is 0.274. The van der Waals surface area contributed by atoms with Crippen LogP contribution in [0.4, 0.5) is 17.1 Å². The van der Waals surface area contributed by atoms with E-state index in [0.717, 1.165) is 5.69 Å². The van der Waals surface area contributed by atoms with Gasteiger partial charge in [0.05, 0.1) is 27.7 Å². The Morgan fingerprint density at radius 2 is 1.69 bits per heavy atom. The lowest BCUT2D eigenvalue weighted by molar-refractivity contribution is 0.103. The molecule has 0 unspecified atom stereocenters. The molecule has 0 bridgehead atoms. The second-order valence-electron chi connectivity index (χ2n) is 7.41. The third-order valence-corrected chi connectivity index (χ3v) is 7.53. The van der Waals surface area contributed by atoms with E-state index >= 15 is 0 Å². The fourth-order valence-corrected chi connectivity index (χ4v) is 5.51. The van der Waals surface area contributed by atoms with Crippen molar-refractivity contribution in [2.45, 2.75) is 18.7 Å². The van der Waals surface area contributed by atoms with Crippen molar-refractivity contribution < 1.29 is 13.2 Å². The predicted molar refractivity (Wildman–Crippen MR) is 143 cm³/mol. The van der Waals surface area contributed by atoms with Gasteiger partial charge in [0.1, 0.15) is 4.88 Å². The van der Waals surface area contributed by atoms with Crippen molar-refractivity contribution in [2.24, 2.45) is 7.05 Å². The molecule has 0 spiro atoms. The van der Waals surface area contributed by atoms with Gasteiger partial charge in [-0.25, -0.2) is 8.42 Å². The summed E-state index contributed by atoms with van der Waals surface area (Å²) in [5, 5.41) is 9.89. The molecule has 4 aromatic rings. The Bertz CT molecular complexity index is 1400. The molecule has 0 atom stereocenters. The van der Waals surface area contributed by atoms with Crippen LogP contribution in [0.5, 0.6) is 0 Å². The number of nitrogens with zero attached hydrogens (tertiary/aromatic N) is 2. The number of anilines is 3. The van der Waals surface area contributed by atoms with Crippen LogP contribution in [0.2, 0.25) is 10.0 Å². The molecule has 1 amide bonds. The zero-order chi connectivity index (χ0) is 25.8. The van der Waals surface area contributed by atoms with Gasteiger partial charge >= 0.3 is 0 Å². The predicted octanol–water partition coefficient (Wildman–Crippen LogP) is 5.73. The number of nitrogens with one attached hydrogen (secondary N) is 2. The average molecular weight is 553 g/mol. The van der Waals surface area contributed by atoms with E-state index in [4.69, 9.17) is 28.9 Å². The van der Waals surface area contributed by atoms with E-state index in [1.165, 1.54) is 23.5 Å². The van der Waals surface area contributed by atoms with E-state index in [0.29, 0.717) is 27.1 Å². The number of thiophene rings is 1. The van der Waals surface area contributed by atoms with Gasteiger partial charge in [-0.1, -0.05) is 41.4 Å². The van der Waals surface area contributed by atoms with E-state index in [1.54, 1.807) is 66.5 Å². The highest BCUT2D eigenvalue weighted by Gasteiger charge is 2.21. The van der Waals surface area contributed by atoms with Gasteiger partial charge in [-0.15, -0.1) is 11.3 Å². The zero-order valence-corrected chi connectivity index (χ0v) is 22.2. The standard InChI is InChI=1S/C17H18N4O3S2.C6H5Cl2N/c1-11-15(12(2)21(3)19-11)18-17(22)16-14(9-10-25-16)20-26(23,24)13-7-5-4-6-8-13;7-4-1-5(8)3-6(9)2-4/h4-10,20H,1-3H3,(H,18,22);1-3H,9H2. The number of aromatic nitrogens is 2. The van der Waals surface area contributed by atoms with E-state index in [-0.39, 0.29) is 21.4 Å². The number of rotatable bonds is 5. The summed E-state index contributed by atoms with van der Waals surface area (Å²) in [7, 11) is -1.97. The van der Waals surface area contributed by atoms with E-state index in [1.807, 2.05) is 6.92 Å². The summed E-state index contributed by atoms with van der Waals surface area (Å²) in [6, 6.07) is 14.5. The van der Waals surface area contributed by atoms with Gasteiger partial charge in [-0.05, 0) is 55.6 Å². The number of sulfonamides is 1. The third kappa shape index (κ3) is 6.76.